The summed E-state index contributed by atoms with van der Waals surface area (Å²) in [5.74, 6) is -5.81. The average Bonchev–Trinajstić information content (AvgIpc) is 0.858. The highest BCUT2D eigenvalue weighted by molar-refractivity contribution is 5.80. The van der Waals surface area contributed by atoms with E-state index >= 15 is 0 Å². The third-order valence-corrected chi connectivity index (χ3v) is 15.9. The van der Waals surface area contributed by atoms with Gasteiger partial charge in [0.25, 0.3) is 0 Å². The number of hydrogen-bond acceptors (Lipinski definition) is 30. The van der Waals surface area contributed by atoms with Gasteiger partial charge < -0.3 is 130 Å². The molecular formula is C66H126N30O12. The Bertz CT molecular complexity index is 2980. The molecule has 3 aromatic rings. The van der Waals surface area contributed by atoms with Crippen LogP contribution in [0.2, 0.25) is 0 Å². The Hall–Kier alpha value is -10.3. The molecule has 3 aromatic heterocycles. The first-order valence-electron chi connectivity index (χ1n) is 37.5. The number of rotatable bonds is 63. The maximum Gasteiger partial charge on any atom is 0.326 e. The minimum Gasteiger partial charge on any atom is -0.480 e. The third-order valence-electron chi connectivity index (χ3n) is 15.9. The Labute approximate surface area is 632 Å². The molecule has 0 aliphatic carbocycles. The minimum absolute atomic E-state index is 0.0151. The number of aromatic nitrogens is 9. The van der Waals surface area contributed by atoms with Crippen LogP contribution < -0.4 is 99.5 Å². The molecule has 0 fully saturated rings. The van der Waals surface area contributed by atoms with Gasteiger partial charge >= 0.3 is 35.8 Å². The van der Waals surface area contributed by atoms with Gasteiger partial charge in [0.15, 0.2) is 17.9 Å². The van der Waals surface area contributed by atoms with E-state index in [9.17, 15) is 59.4 Å². The average molecular weight is 1530 g/mol. The number of carbonyl (C=O) groups is 6. The van der Waals surface area contributed by atoms with Gasteiger partial charge in [0.1, 0.15) is 36.3 Å². The van der Waals surface area contributed by atoms with Gasteiger partial charge in [-0.1, -0.05) is 97.8 Å². The van der Waals surface area contributed by atoms with E-state index in [1.54, 1.807) is 0 Å². The normalized spacial score (nSPS) is 12.4. The van der Waals surface area contributed by atoms with E-state index in [1.165, 1.54) is 12.8 Å². The van der Waals surface area contributed by atoms with Crippen molar-refractivity contribution in [3.8, 4) is 0 Å². The van der Waals surface area contributed by atoms with Crippen LogP contribution in [0.15, 0.2) is 15.0 Å². The number of aliphatic imine (C=N–C) groups is 3. The van der Waals surface area contributed by atoms with Gasteiger partial charge in [-0.2, -0.15) is 44.9 Å². The Morgan fingerprint density at radius 2 is 0.463 bits per heavy atom. The van der Waals surface area contributed by atoms with Crippen LogP contribution in [0.1, 0.15) is 213 Å². The molecule has 0 amide bonds. The number of carboxylic acids is 6. The molecule has 612 valence electrons. The quantitative estimate of drug-likeness (QED) is 0.0218. The molecule has 33 N–H and O–H groups in total. The largest absolute Gasteiger partial charge is 0.480 e. The standard InChI is InChI=1S/C22H42N12O4.C22H42N10O4.C22H42N8O4/c1-2-3-4-5-6-11-29-20-32-21(30-14(16(35)36)9-7-12-27-18(23)24)34-22(33-20)31-15(17(37)38)10-8-13-28-19(25)26;1-2-3-4-5-8-13-27-20-30-21(28-15(17(33)34)10-6-7-12-23)32-22(31-20)29-16(18(35)36)11-9-14-26-19(24)25;1-2-3-4-5-10-15-25-20-28-21(26-16(18(31)32)11-6-8-13-23)30-22(29-20)27-17(19(33)34)12-7-9-14-24/h14-15H,2-13H2,1H3,(H,35,36)(H,37,38)(H4,23,24,27)(H4,25,26,28)(H3,29,30,31,32,33,34);15-16H,2-14,23H2,1H3,(H,33,34)(H,35,36)(H4,24,25,26)(H3,27,28,29,30,31,32);16-17H,2-15,23-24H2,1H3,(H,31,32)(H,33,34)(H3,25,26,27,28,29,30). The summed E-state index contributed by atoms with van der Waals surface area (Å²) in [5, 5.41) is 83.9. The van der Waals surface area contributed by atoms with Crippen LogP contribution in [0.25, 0.3) is 0 Å². The summed E-state index contributed by atoms with van der Waals surface area (Å²) in [7, 11) is 0. The van der Waals surface area contributed by atoms with Crippen LogP contribution in [-0.4, -0.2) is 224 Å². The summed E-state index contributed by atoms with van der Waals surface area (Å²) in [6.07, 6.45) is 23.2. The molecule has 0 aliphatic rings. The predicted octanol–water partition coefficient (Wildman–Crippen LogP) is 3.50. The first-order chi connectivity index (χ1) is 51.8. The summed E-state index contributed by atoms with van der Waals surface area (Å²) in [4.78, 5) is 121. The fourth-order valence-electron chi connectivity index (χ4n) is 10.0. The van der Waals surface area contributed by atoms with E-state index in [2.05, 4.69) is 128 Å². The molecule has 0 aromatic carbocycles. The topological polar surface area (TPSA) is 719 Å². The molecule has 42 heteroatoms. The van der Waals surface area contributed by atoms with Crippen molar-refractivity contribution in [2.24, 2.45) is 66.6 Å². The van der Waals surface area contributed by atoms with E-state index in [1.807, 2.05) is 0 Å². The molecule has 3 rings (SSSR count). The Balaban J connectivity index is 0.000000811. The highest BCUT2D eigenvalue weighted by Crippen LogP contribution is 2.20. The van der Waals surface area contributed by atoms with Crippen LogP contribution >= 0.6 is 0 Å². The lowest BCUT2D eigenvalue weighted by Gasteiger charge is -2.18. The molecule has 0 radical (unpaired) electrons. The molecular weight excluding hydrogens is 1400 g/mol. The molecule has 0 spiro atoms. The number of nitrogens with one attached hydrogen (secondary N) is 9. The lowest BCUT2D eigenvalue weighted by molar-refractivity contribution is -0.139. The predicted molar refractivity (Wildman–Crippen MR) is 420 cm³/mol. The number of nitrogens with zero attached hydrogens (tertiary/aromatic N) is 12. The smallest absolute Gasteiger partial charge is 0.326 e. The second-order valence-electron chi connectivity index (χ2n) is 25.4. The van der Waals surface area contributed by atoms with E-state index in [0.717, 1.165) is 83.5 Å². The van der Waals surface area contributed by atoms with Crippen molar-refractivity contribution in [1.82, 2.24) is 44.9 Å². The minimum atomic E-state index is -1.11. The first kappa shape index (κ1) is 95.8. The van der Waals surface area contributed by atoms with Crippen molar-refractivity contribution >= 4 is 107 Å². The summed E-state index contributed by atoms with van der Waals surface area (Å²) in [5.41, 5.74) is 48.4. The van der Waals surface area contributed by atoms with Crippen molar-refractivity contribution in [2.45, 2.75) is 250 Å². The summed E-state index contributed by atoms with van der Waals surface area (Å²) in [6.45, 7) is 10.6. The van der Waals surface area contributed by atoms with E-state index in [0.29, 0.717) is 116 Å². The summed E-state index contributed by atoms with van der Waals surface area (Å²) in [6, 6.07) is -5.79. The van der Waals surface area contributed by atoms with Gasteiger partial charge in [-0.3, -0.25) is 15.0 Å². The monoisotopic (exact) mass is 1530 g/mol. The van der Waals surface area contributed by atoms with Gasteiger partial charge in [-0.15, -0.1) is 0 Å². The van der Waals surface area contributed by atoms with E-state index < -0.39 is 72.1 Å². The van der Waals surface area contributed by atoms with Crippen molar-refractivity contribution in [3.63, 3.8) is 0 Å². The number of anilines is 9. The van der Waals surface area contributed by atoms with Gasteiger partial charge in [0.2, 0.25) is 53.5 Å². The Kier molecular flexibility index (Phi) is 53.0. The molecule has 0 saturated heterocycles. The lowest BCUT2D eigenvalue weighted by Crippen LogP contribution is -2.32. The van der Waals surface area contributed by atoms with Crippen LogP contribution in [0.5, 0.6) is 0 Å². The van der Waals surface area contributed by atoms with Gasteiger partial charge in [-0.25, -0.2) is 28.8 Å². The number of hydrogen-bond donors (Lipinski definition) is 24. The summed E-state index contributed by atoms with van der Waals surface area (Å²) < 4.78 is 0. The maximum absolute atomic E-state index is 11.8. The van der Waals surface area contributed by atoms with E-state index in [4.69, 9.17) is 51.6 Å². The van der Waals surface area contributed by atoms with Gasteiger partial charge in [-0.05, 0) is 135 Å². The third kappa shape index (κ3) is 48.0. The fourth-order valence-corrected chi connectivity index (χ4v) is 10.0. The Morgan fingerprint density at radius 3 is 0.639 bits per heavy atom. The number of carboxylic acid groups (broad SMARTS) is 6. The van der Waals surface area contributed by atoms with Crippen molar-refractivity contribution in [1.29, 1.82) is 0 Å². The highest BCUT2D eigenvalue weighted by atomic mass is 16.4. The fraction of sp³-hybridized carbons (Fsp3) is 0.727. The second kappa shape index (κ2) is 59.8. The van der Waals surface area contributed by atoms with Crippen molar-refractivity contribution in [2.75, 3.05) is 107 Å². The lowest BCUT2D eigenvalue weighted by atomic mass is 10.1. The van der Waals surface area contributed by atoms with E-state index in [-0.39, 0.29) is 110 Å². The summed E-state index contributed by atoms with van der Waals surface area (Å²) >= 11 is 0. The zero-order chi connectivity index (χ0) is 80.3. The molecule has 6 unspecified atom stereocenters. The number of nitrogens with two attached hydrogens (primary N) is 9. The number of aliphatic carboxylic acids is 6. The Morgan fingerprint density at radius 1 is 0.278 bits per heavy atom. The molecule has 6 atom stereocenters. The second-order valence-corrected chi connectivity index (χ2v) is 25.4. The van der Waals surface area contributed by atoms with Crippen molar-refractivity contribution in [3.05, 3.63) is 0 Å². The van der Waals surface area contributed by atoms with Crippen LogP contribution in [0.3, 0.4) is 0 Å². The number of unbranched alkanes of at least 4 members (excludes halogenated alkanes) is 15. The highest BCUT2D eigenvalue weighted by Gasteiger charge is 2.26. The van der Waals surface area contributed by atoms with Crippen LogP contribution in [0, 0.1) is 0 Å². The first-order valence-corrected chi connectivity index (χ1v) is 37.5. The van der Waals surface area contributed by atoms with Gasteiger partial charge in [0.05, 0.1) is 0 Å². The zero-order valence-electron chi connectivity index (χ0n) is 63.2. The molecule has 42 nitrogen and oxygen atoms in total. The molecule has 0 aliphatic heterocycles. The molecule has 108 heavy (non-hydrogen) atoms. The SMILES string of the molecule is CCCCCCCNc1nc(NC(CCCCN)C(=O)O)nc(NC(CCCCN)C(=O)O)n1.CCCCCCCNc1nc(NC(CCCCN)C(=O)O)nc(NC(CCCN=C(N)N)C(=O)O)n1.CCCCCCCNc1nc(NC(CCCN=C(N)N)C(=O)O)nc(NC(CCCN=C(N)N)C(=O)O)n1. The zero-order valence-corrected chi connectivity index (χ0v) is 63.2. The van der Waals surface area contributed by atoms with Crippen molar-refractivity contribution < 1.29 is 59.4 Å². The van der Waals surface area contributed by atoms with Crippen LogP contribution in [-0.2, 0) is 28.8 Å². The molecule has 0 bridgehead atoms. The van der Waals surface area contributed by atoms with Gasteiger partial charge in [0, 0.05) is 39.3 Å². The number of guanidine groups is 3. The molecule has 3 heterocycles. The van der Waals surface area contributed by atoms with Crippen LogP contribution in [0.4, 0.5) is 53.5 Å². The maximum atomic E-state index is 11.8. The molecule has 0 saturated carbocycles.